The van der Waals surface area contributed by atoms with Crippen molar-refractivity contribution in [3.63, 3.8) is 0 Å². The van der Waals surface area contributed by atoms with E-state index >= 15 is 0 Å². The summed E-state index contributed by atoms with van der Waals surface area (Å²) in [5.74, 6) is -1.62. The lowest BCUT2D eigenvalue weighted by atomic mass is 9.99. The highest BCUT2D eigenvalue weighted by atomic mass is 32.2. The molecule has 0 saturated carbocycles. The summed E-state index contributed by atoms with van der Waals surface area (Å²) in [6, 6.07) is 22.8. The minimum atomic E-state index is -4.13. The number of hydrogen-bond acceptors (Lipinski definition) is 7. The Morgan fingerprint density at radius 1 is 0.786 bits per heavy atom. The number of nitrogens with zero attached hydrogens (tertiary/aromatic N) is 1. The lowest BCUT2D eigenvalue weighted by Crippen LogP contribution is -2.36. The fourth-order valence-corrected chi connectivity index (χ4v) is 5.65. The van der Waals surface area contributed by atoms with Crippen molar-refractivity contribution >= 4 is 27.9 Å². The summed E-state index contributed by atoms with van der Waals surface area (Å²) in [5.41, 5.74) is 2.04. The molecule has 0 aromatic heterocycles. The highest BCUT2D eigenvalue weighted by Crippen LogP contribution is 2.24. The molecule has 0 saturated heterocycles. The molecule has 0 spiro atoms. The van der Waals surface area contributed by atoms with Crippen molar-refractivity contribution in [1.29, 1.82) is 0 Å². The molecule has 0 radical (unpaired) electrons. The van der Waals surface area contributed by atoms with Gasteiger partial charge in [0.25, 0.3) is 5.91 Å². The number of sulfonamides is 1. The third-order valence-corrected chi connectivity index (χ3v) is 7.94. The van der Waals surface area contributed by atoms with Gasteiger partial charge in [-0.3, -0.25) is 9.59 Å². The van der Waals surface area contributed by atoms with Gasteiger partial charge in [0.1, 0.15) is 6.61 Å². The predicted octanol–water partition coefficient (Wildman–Crippen LogP) is 4.49. The SMILES string of the molecule is CCCN(CCC)C(=O)COC(=O)CCNS(=O)(=O)c1cccc(C(=O)OCc2ccccc2)c1Cc1ccccc1. The molecule has 3 rings (SSSR count). The summed E-state index contributed by atoms with van der Waals surface area (Å²) in [4.78, 5) is 39.3. The van der Waals surface area contributed by atoms with Crippen LogP contribution in [0.2, 0.25) is 0 Å². The number of ether oxygens (including phenoxy) is 2. The van der Waals surface area contributed by atoms with Crippen LogP contribution in [0.15, 0.2) is 83.8 Å². The average molecular weight is 595 g/mol. The smallest absolute Gasteiger partial charge is 0.338 e. The summed E-state index contributed by atoms with van der Waals surface area (Å²) in [6.07, 6.45) is 1.49. The molecule has 3 aromatic rings. The van der Waals surface area contributed by atoms with Gasteiger partial charge in [-0.2, -0.15) is 0 Å². The topological polar surface area (TPSA) is 119 Å². The second-order valence-electron chi connectivity index (χ2n) is 9.70. The minimum absolute atomic E-state index is 0.0406. The van der Waals surface area contributed by atoms with Crippen molar-refractivity contribution in [2.45, 2.75) is 51.0 Å². The first-order chi connectivity index (χ1) is 20.2. The third-order valence-electron chi connectivity index (χ3n) is 6.40. The molecule has 10 heteroatoms. The minimum Gasteiger partial charge on any atom is -0.457 e. The van der Waals surface area contributed by atoms with Crippen molar-refractivity contribution in [2.24, 2.45) is 0 Å². The molecular formula is C32H38N2O7S. The molecule has 3 aromatic carbocycles. The van der Waals surface area contributed by atoms with Gasteiger partial charge in [0.2, 0.25) is 10.0 Å². The first kappa shape index (κ1) is 32.5. The Kier molecular flexibility index (Phi) is 12.7. The molecule has 9 nitrogen and oxygen atoms in total. The van der Waals surface area contributed by atoms with E-state index < -0.39 is 22.0 Å². The van der Waals surface area contributed by atoms with Gasteiger partial charge in [-0.15, -0.1) is 0 Å². The van der Waals surface area contributed by atoms with Crippen molar-refractivity contribution in [1.82, 2.24) is 9.62 Å². The predicted molar refractivity (Wildman–Crippen MR) is 159 cm³/mol. The average Bonchev–Trinajstić information content (AvgIpc) is 2.99. The van der Waals surface area contributed by atoms with Gasteiger partial charge in [0.15, 0.2) is 6.61 Å². The second kappa shape index (κ2) is 16.4. The van der Waals surface area contributed by atoms with Crippen LogP contribution in [-0.2, 0) is 42.1 Å². The molecule has 1 amide bonds. The largest absolute Gasteiger partial charge is 0.457 e. The zero-order valence-corrected chi connectivity index (χ0v) is 24.9. The highest BCUT2D eigenvalue weighted by molar-refractivity contribution is 7.89. The van der Waals surface area contributed by atoms with Crippen LogP contribution in [0.25, 0.3) is 0 Å². The van der Waals surface area contributed by atoms with Crippen molar-refractivity contribution < 1.29 is 32.3 Å². The van der Waals surface area contributed by atoms with Crippen molar-refractivity contribution in [2.75, 3.05) is 26.2 Å². The van der Waals surface area contributed by atoms with E-state index in [1.165, 1.54) is 12.1 Å². The number of esters is 2. The van der Waals surface area contributed by atoms with Gasteiger partial charge in [-0.25, -0.2) is 17.9 Å². The molecule has 0 atom stereocenters. The van der Waals surface area contributed by atoms with Gasteiger partial charge in [0.05, 0.1) is 16.9 Å². The maximum atomic E-state index is 13.4. The van der Waals surface area contributed by atoms with Crippen LogP contribution in [0.5, 0.6) is 0 Å². The molecule has 0 bridgehead atoms. The zero-order valence-electron chi connectivity index (χ0n) is 24.1. The molecule has 0 aliphatic rings. The van der Waals surface area contributed by atoms with Gasteiger partial charge >= 0.3 is 11.9 Å². The Labute approximate surface area is 247 Å². The van der Waals surface area contributed by atoms with Crippen LogP contribution in [0.3, 0.4) is 0 Å². The Hall–Kier alpha value is -4.02. The molecule has 42 heavy (non-hydrogen) atoms. The number of carbonyl (C=O) groups excluding carboxylic acids is 3. The van der Waals surface area contributed by atoms with Crippen LogP contribution in [0, 0.1) is 0 Å². The van der Waals surface area contributed by atoms with Crippen molar-refractivity contribution in [3.05, 3.63) is 101 Å². The fraction of sp³-hybridized carbons (Fsp3) is 0.344. The first-order valence-electron chi connectivity index (χ1n) is 14.0. The molecule has 0 aliphatic carbocycles. The number of amides is 1. The quantitative estimate of drug-likeness (QED) is 0.243. The van der Waals surface area contributed by atoms with Crippen LogP contribution in [0.4, 0.5) is 0 Å². The molecular weight excluding hydrogens is 556 g/mol. The van der Waals surface area contributed by atoms with E-state index in [9.17, 15) is 22.8 Å². The number of benzene rings is 3. The molecule has 0 aliphatic heterocycles. The zero-order chi connectivity index (χ0) is 30.4. The summed E-state index contributed by atoms with van der Waals surface area (Å²) < 4.78 is 39.8. The van der Waals surface area contributed by atoms with Gasteiger partial charge in [0, 0.05) is 19.6 Å². The van der Waals surface area contributed by atoms with Gasteiger partial charge in [-0.1, -0.05) is 80.6 Å². The van der Waals surface area contributed by atoms with Crippen molar-refractivity contribution in [3.8, 4) is 0 Å². The third kappa shape index (κ3) is 9.81. The van der Waals surface area contributed by atoms with E-state index in [1.807, 2.05) is 74.5 Å². The fourth-order valence-electron chi connectivity index (χ4n) is 4.36. The summed E-state index contributed by atoms with van der Waals surface area (Å²) >= 11 is 0. The molecule has 0 fully saturated rings. The highest BCUT2D eigenvalue weighted by Gasteiger charge is 2.25. The molecule has 1 N–H and O–H groups in total. The van der Waals surface area contributed by atoms with Crippen LogP contribution >= 0.6 is 0 Å². The Morgan fingerprint density at radius 2 is 1.40 bits per heavy atom. The number of nitrogens with one attached hydrogen (secondary N) is 1. The summed E-state index contributed by atoms with van der Waals surface area (Å²) in [7, 11) is -4.13. The molecule has 0 heterocycles. The van der Waals surface area contributed by atoms with Crippen LogP contribution in [0.1, 0.15) is 60.2 Å². The van der Waals surface area contributed by atoms with Gasteiger partial charge in [-0.05, 0) is 48.1 Å². The number of rotatable bonds is 16. The normalized spacial score (nSPS) is 11.1. The lowest BCUT2D eigenvalue weighted by Gasteiger charge is -2.21. The standard InChI is InChI=1S/C32H38N2O7S/c1-3-20-34(21-4-2)30(35)24-40-31(36)18-19-33-42(38,39)29-17-11-16-27(28(29)22-25-12-7-5-8-13-25)32(37)41-23-26-14-9-6-10-15-26/h5-17,33H,3-4,18-24H2,1-2H3. The molecule has 0 unspecified atom stereocenters. The second-order valence-corrected chi connectivity index (χ2v) is 11.4. The van der Waals surface area contributed by atoms with E-state index in [2.05, 4.69) is 4.72 Å². The Balaban J connectivity index is 1.71. The number of hydrogen-bond donors (Lipinski definition) is 1. The first-order valence-corrected chi connectivity index (χ1v) is 15.5. The Bertz CT molecular complexity index is 1420. The monoisotopic (exact) mass is 594 g/mol. The van der Waals surface area contributed by atoms with E-state index in [0.717, 1.165) is 24.0 Å². The number of carbonyl (C=O) groups is 3. The van der Waals surface area contributed by atoms with E-state index in [1.54, 1.807) is 11.0 Å². The summed E-state index contributed by atoms with van der Waals surface area (Å²) in [5, 5.41) is 0. The van der Waals surface area contributed by atoms with Gasteiger partial charge < -0.3 is 14.4 Å². The maximum absolute atomic E-state index is 13.4. The molecule has 224 valence electrons. The van der Waals surface area contributed by atoms with E-state index in [4.69, 9.17) is 9.47 Å². The maximum Gasteiger partial charge on any atom is 0.338 e. The van der Waals surface area contributed by atoms with E-state index in [-0.39, 0.29) is 54.5 Å². The Morgan fingerprint density at radius 3 is 2.02 bits per heavy atom. The van der Waals surface area contributed by atoms with Crippen LogP contribution in [-0.4, -0.2) is 57.4 Å². The summed E-state index contributed by atoms with van der Waals surface area (Å²) in [6.45, 7) is 4.49. The lowest BCUT2D eigenvalue weighted by molar-refractivity contribution is -0.151. The van der Waals surface area contributed by atoms with E-state index in [0.29, 0.717) is 13.1 Å². The van der Waals surface area contributed by atoms with Crippen LogP contribution < -0.4 is 4.72 Å².